The SMILES string of the molecule is Cc1cnc(C)c(NCCOc2ccc(F)c(F)c2)n1. The van der Waals surface area contributed by atoms with Crippen LogP contribution in [0.3, 0.4) is 0 Å². The standard InChI is InChI=1S/C14H15F2N3O/c1-9-8-18-10(2)14(19-9)17-5-6-20-11-3-4-12(15)13(16)7-11/h3-4,7-8H,5-6H2,1-2H3,(H,17,19). The molecule has 0 bridgehead atoms. The molecule has 0 saturated heterocycles. The average Bonchev–Trinajstić information content (AvgIpc) is 2.42. The van der Waals surface area contributed by atoms with Crippen LogP contribution in [0.25, 0.3) is 0 Å². The third kappa shape index (κ3) is 3.63. The third-order valence-electron chi connectivity index (χ3n) is 2.63. The molecular formula is C14H15F2N3O. The predicted molar refractivity (Wildman–Crippen MR) is 71.8 cm³/mol. The summed E-state index contributed by atoms with van der Waals surface area (Å²) in [7, 11) is 0. The average molecular weight is 279 g/mol. The number of rotatable bonds is 5. The van der Waals surface area contributed by atoms with Crippen molar-refractivity contribution < 1.29 is 13.5 Å². The Morgan fingerprint density at radius 2 is 2.00 bits per heavy atom. The van der Waals surface area contributed by atoms with Crippen molar-refractivity contribution in [3.63, 3.8) is 0 Å². The second kappa shape index (κ2) is 6.27. The van der Waals surface area contributed by atoms with E-state index in [1.54, 1.807) is 6.20 Å². The molecule has 1 aromatic heterocycles. The monoisotopic (exact) mass is 279 g/mol. The van der Waals surface area contributed by atoms with Gasteiger partial charge < -0.3 is 10.1 Å². The van der Waals surface area contributed by atoms with Crippen molar-refractivity contribution in [2.75, 3.05) is 18.5 Å². The first-order chi connectivity index (χ1) is 9.56. The quantitative estimate of drug-likeness (QED) is 0.855. The number of nitrogens with zero attached hydrogens (tertiary/aromatic N) is 2. The summed E-state index contributed by atoms with van der Waals surface area (Å²) in [5, 5.41) is 3.08. The van der Waals surface area contributed by atoms with E-state index < -0.39 is 11.6 Å². The Bertz CT molecular complexity index is 605. The second-order valence-electron chi connectivity index (χ2n) is 4.30. The van der Waals surface area contributed by atoms with Crippen LogP contribution in [0.2, 0.25) is 0 Å². The van der Waals surface area contributed by atoms with Crippen molar-refractivity contribution in [3.8, 4) is 5.75 Å². The highest BCUT2D eigenvalue weighted by atomic mass is 19.2. The van der Waals surface area contributed by atoms with E-state index in [0.717, 1.165) is 23.5 Å². The Morgan fingerprint density at radius 3 is 2.75 bits per heavy atom. The number of aryl methyl sites for hydroxylation is 2. The second-order valence-corrected chi connectivity index (χ2v) is 4.30. The number of halogens is 2. The molecule has 0 spiro atoms. The van der Waals surface area contributed by atoms with Gasteiger partial charge in [-0.1, -0.05) is 0 Å². The van der Waals surface area contributed by atoms with Gasteiger partial charge in [-0.15, -0.1) is 0 Å². The van der Waals surface area contributed by atoms with Crippen molar-refractivity contribution in [2.24, 2.45) is 0 Å². The minimum Gasteiger partial charge on any atom is -0.492 e. The summed E-state index contributed by atoms with van der Waals surface area (Å²) in [6, 6.07) is 3.44. The Balaban J connectivity index is 1.84. The molecule has 6 heteroatoms. The molecule has 106 valence electrons. The van der Waals surface area contributed by atoms with E-state index in [9.17, 15) is 8.78 Å². The molecule has 0 aliphatic heterocycles. The molecule has 0 radical (unpaired) electrons. The van der Waals surface area contributed by atoms with Gasteiger partial charge in [0, 0.05) is 12.3 Å². The predicted octanol–water partition coefficient (Wildman–Crippen LogP) is 2.86. The Morgan fingerprint density at radius 1 is 1.20 bits per heavy atom. The lowest BCUT2D eigenvalue weighted by Crippen LogP contribution is -2.14. The normalized spacial score (nSPS) is 10.4. The number of hydrogen-bond acceptors (Lipinski definition) is 4. The van der Waals surface area contributed by atoms with Crippen molar-refractivity contribution in [1.29, 1.82) is 0 Å². The Kier molecular flexibility index (Phi) is 4.45. The van der Waals surface area contributed by atoms with Gasteiger partial charge >= 0.3 is 0 Å². The number of nitrogens with one attached hydrogen (secondary N) is 1. The number of hydrogen-bond donors (Lipinski definition) is 1. The first-order valence-electron chi connectivity index (χ1n) is 6.18. The van der Waals surface area contributed by atoms with Crippen LogP contribution in [0.15, 0.2) is 24.4 Å². The zero-order valence-corrected chi connectivity index (χ0v) is 11.3. The molecule has 1 heterocycles. The molecule has 4 nitrogen and oxygen atoms in total. The molecule has 1 aromatic carbocycles. The van der Waals surface area contributed by atoms with Gasteiger partial charge in [-0.2, -0.15) is 0 Å². The van der Waals surface area contributed by atoms with Gasteiger partial charge in [0.15, 0.2) is 11.6 Å². The molecule has 0 aliphatic carbocycles. The molecule has 2 rings (SSSR count). The fourth-order valence-electron chi connectivity index (χ4n) is 1.61. The van der Waals surface area contributed by atoms with E-state index >= 15 is 0 Å². The van der Waals surface area contributed by atoms with Crippen LogP contribution in [-0.4, -0.2) is 23.1 Å². The maximum Gasteiger partial charge on any atom is 0.162 e. The molecule has 0 amide bonds. The highest BCUT2D eigenvalue weighted by Crippen LogP contribution is 2.15. The van der Waals surface area contributed by atoms with Gasteiger partial charge in [0.05, 0.1) is 17.9 Å². The summed E-state index contributed by atoms with van der Waals surface area (Å²) in [4.78, 5) is 8.48. The van der Waals surface area contributed by atoms with Gasteiger partial charge in [0.25, 0.3) is 0 Å². The molecule has 2 aromatic rings. The first kappa shape index (κ1) is 14.2. The van der Waals surface area contributed by atoms with Crippen LogP contribution in [0.5, 0.6) is 5.75 Å². The minimum atomic E-state index is -0.921. The van der Waals surface area contributed by atoms with Gasteiger partial charge in [-0.3, -0.25) is 4.98 Å². The van der Waals surface area contributed by atoms with Crippen LogP contribution in [0, 0.1) is 25.5 Å². The summed E-state index contributed by atoms with van der Waals surface area (Å²) in [5.74, 6) is -0.825. The number of ether oxygens (including phenoxy) is 1. The number of benzene rings is 1. The third-order valence-corrected chi connectivity index (χ3v) is 2.63. The van der Waals surface area contributed by atoms with Crippen molar-refractivity contribution in [1.82, 2.24) is 9.97 Å². The maximum absolute atomic E-state index is 13.0. The maximum atomic E-state index is 13.0. The topological polar surface area (TPSA) is 47.0 Å². The molecule has 0 aliphatic rings. The zero-order chi connectivity index (χ0) is 14.5. The summed E-state index contributed by atoms with van der Waals surface area (Å²) in [6.45, 7) is 4.50. The van der Waals surface area contributed by atoms with Gasteiger partial charge in [0.1, 0.15) is 18.2 Å². The van der Waals surface area contributed by atoms with Crippen LogP contribution in [-0.2, 0) is 0 Å². The summed E-state index contributed by atoms with van der Waals surface area (Å²) in [5.41, 5.74) is 1.61. The zero-order valence-electron chi connectivity index (χ0n) is 11.3. The lowest BCUT2D eigenvalue weighted by atomic mass is 10.3. The largest absolute Gasteiger partial charge is 0.492 e. The number of aromatic nitrogens is 2. The summed E-state index contributed by atoms with van der Waals surface area (Å²) < 4.78 is 31.0. The fourth-order valence-corrected chi connectivity index (χ4v) is 1.61. The van der Waals surface area contributed by atoms with Gasteiger partial charge in [-0.05, 0) is 26.0 Å². The van der Waals surface area contributed by atoms with Crippen LogP contribution >= 0.6 is 0 Å². The minimum absolute atomic E-state index is 0.290. The lowest BCUT2D eigenvalue weighted by Gasteiger charge is -2.10. The van der Waals surface area contributed by atoms with Gasteiger partial charge in [0.2, 0.25) is 0 Å². The number of anilines is 1. The smallest absolute Gasteiger partial charge is 0.162 e. The van der Waals surface area contributed by atoms with E-state index in [-0.39, 0.29) is 5.75 Å². The van der Waals surface area contributed by atoms with Gasteiger partial charge in [-0.25, -0.2) is 13.8 Å². The molecule has 20 heavy (non-hydrogen) atoms. The fraction of sp³-hybridized carbons (Fsp3) is 0.286. The van der Waals surface area contributed by atoms with Crippen molar-refractivity contribution in [3.05, 3.63) is 47.4 Å². The molecule has 1 N–H and O–H groups in total. The molecule has 0 atom stereocenters. The van der Waals surface area contributed by atoms with E-state index in [0.29, 0.717) is 19.0 Å². The lowest BCUT2D eigenvalue weighted by molar-refractivity contribution is 0.329. The van der Waals surface area contributed by atoms with E-state index in [4.69, 9.17) is 4.74 Å². The van der Waals surface area contributed by atoms with Crippen LogP contribution < -0.4 is 10.1 Å². The molecule has 0 unspecified atom stereocenters. The Hall–Kier alpha value is -2.24. The Labute approximate surface area is 115 Å². The summed E-state index contributed by atoms with van der Waals surface area (Å²) >= 11 is 0. The summed E-state index contributed by atoms with van der Waals surface area (Å²) in [6.07, 6.45) is 1.69. The van der Waals surface area contributed by atoms with E-state index in [1.165, 1.54) is 6.07 Å². The molecule has 0 fully saturated rings. The van der Waals surface area contributed by atoms with Crippen molar-refractivity contribution >= 4 is 5.82 Å². The van der Waals surface area contributed by atoms with Crippen LogP contribution in [0.1, 0.15) is 11.4 Å². The first-order valence-corrected chi connectivity index (χ1v) is 6.18. The van der Waals surface area contributed by atoms with E-state index in [1.807, 2.05) is 13.8 Å². The van der Waals surface area contributed by atoms with Crippen LogP contribution in [0.4, 0.5) is 14.6 Å². The van der Waals surface area contributed by atoms with Crippen molar-refractivity contribution in [2.45, 2.75) is 13.8 Å². The van der Waals surface area contributed by atoms with E-state index in [2.05, 4.69) is 15.3 Å². The molecule has 0 saturated carbocycles. The molecular weight excluding hydrogens is 264 g/mol. The highest BCUT2D eigenvalue weighted by molar-refractivity contribution is 5.39. The highest BCUT2D eigenvalue weighted by Gasteiger charge is 2.04.